The number of benzene rings is 2. The molecule has 0 saturated carbocycles. The molecule has 8 heteroatoms. The first kappa shape index (κ1) is 22.8. The maximum Gasteiger partial charge on any atom is 0.573 e. The van der Waals surface area contributed by atoms with Crippen molar-refractivity contribution in [2.45, 2.75) is 31.8 Å². The Hall–Kier alpha value is -3.65. The summed E-state index contributed by atoms with van der Waals surface area (Å²) >= 11 is 0. The molecule has 0 aliphatic carbocycles. The number of piperidine rings is 1. The van der Waals surface area contributed by atoms with Gasteiger partial charge in [0.05, 0.1) is 5.52 Å². The predicted molar refractivity (Wildman–Crippen MR) is 131 cm³/mol. The van der Waals surface area contributed by atoms with Crippen molar-refractivity contribution in [1.29, 1.82) is 0 Å². The summed E-state index contributed by atoms with van der Waals surface area (Å²) in [6, 6.07) is 19.5. The molecule has 2 bridgehead atoms. The summed E-state index contributed by atoms with van der Waals surface area (Å²) in [6.45, 7) is 3.23. The number of alkyl halides is 3. The van der Waals surface area contributed by atoms with Crippen LogP contribution in [0.15, 0.2) is 77.7 Å². The van der Waals surface area contributed by atoms with Gasteiger partial charge in [-0.1, -0.05) is 30.3 Å². The van der Waals surface area contributed by atoms with Gasteiger partial charge >= 0.3 is 6.36 Å². The van der Waals surface area contributed by atoms with E-state index in [1.807, 2.05) is 35.0 Å². The zero-order valence-electron chi connectivity index (χ0n) is 19.4. The van der Waals surface area contributed by atoms with Crippen LogP contribution in [0, 0.1) is 5.92 Å². The van der Waals surface area contributed by atoms with Crippen LogP contribution >= 0.6 is 0 Å². The van der Waals surface area contributed by atoms with Gasteiger partial charge in [-0.05, 0) is 59.9 Å². The molecular weight excluding hydrogens is 467 g/mol. The molecule has 0 unspecified atom stereocenters. The number of hydrogen-bond acceptors (Lipinski definition) is 4. The number of hydrogen-bond donors (Lipinski definition) is 0. The Morgan fingerprint density at radius 3 is 2.58 bits per heavy atom. The zero-order chi connectivity index (χ0) is 24.9. The molecule has 5 nitrogen and oxygen atoms in total. The number of likely N-dealkylation sites (tertiary alicyclic amines) is 1. The predicted octanol–water partition coefficient (Wildman–Crippen LogP) is 5.58. The van der Waals surface area contributed by atoms with Crippen LogP contribution in [-0.4, -0.2) is 33.9 Å². The molecule has 2 aliphatic rings. The summed E-state index contributed by atoms with van der Waals surface area (Å²) in [5, 5.41) is 1.13. The van der Waals surface area contributed by atoms with E-state index in [1.54, 1.807) is 6.07 Å². The molecule has 6 rings (SSSR count). The molecule has 4 aromatic rings. The van der Waals surface area contributed by atoms with Gasteiger partial charge in [0.25, 0.3) is 5.56 Å². The second-order valence-electron chi connectivity index (χ2n) is 9.69. The standard InChI is InChI=1S/C28H24F3N3O2/c29-28(30,31)36-23-7-5-20(6-8-23)24-9-10-26-22-12-19(16-34(26)27(24)35)15-33(17-22)14-18-11-21-3-1-2-4-25(21)32-13-18/h1-11,13,19,22H,12,14-17H2/t19-,22-/m1/s1. The highest BCUT2D eigenvalue weighted by atomic mass is 19.4. The van der Waals surface area contributed by atoms with E-state index in [2.05, 4.69) is 26.8 Å². The third kappa shape index (κ3) is 4.48. The first-order valence-corrected chi connectivity index (χ1v) is 12.0. The van der Waals surface area contributed by atoms with Crippen LogP contribution in [0.4, 0.5) is 13.2 Å². The Morgan fingerprint density at radius 1 is 0.972 bits per heavy atom. The molecular formula is C28H24F3N3O2. The maximum atomic E-state index is 13.4. The summed E-state index contributed by atoms with van der Waals surface area (Å²) in [5.41, 5.74) is 4.15. The number of pyridine rings is 2. The molecule has 36 heavy (non-hydrogen) atoms. The summed E-state index contributed by atoms with van der Waals surface area (Å²) < 4.78 is 43.2. The van der Waals surface area contributed by atoms with Crippen molar-refractivity contribution in [2.24, 2.45) is 5.92 Å². The lowest BCUT2D eigenvalue weighted by atomic mass is 9.82. The van der Waals surface area contributed by atoms with Crippen LogP contribution in [0.25, 0.3) is 22.0 Å². The SMILES string of the molecule is O=c1c(-c2ccc(OC(F)(F)F)cc2)ccc2n1C[C@@H]1C[C@@H]2CN(Cc2cnc3ccccc3c2)C1. The Labute approximate surface area is 205 Å². The van der Waals surface area contributed by atoms with E-state index < -0.39 is 6.36 Å². The molecule has 184 valence electrons. The van der Waals surface area contributed by atoms with Crippen LogP contribution < -0.4 is 10.3 Å². The summed E-state index contributed by atoms with van der Waals surface area (Å²) in [5.74, 6) is 0.316. The van der Waals surface area contributed by atoms with E-state index in [9.17, 15) is 18.0 Å². The highest BCUT2D eigenvalue weighted by Gasteiger charge is 2.35. The molecule has 0 spiro atoms. The fourth-order valence-corrected chi connectivity index (χ4v) is 5.69. The fourth-order valence-electron chi connectivity index (χ4n) is 5.69. The molecule has 2 aromatic heterocycles. The van der Waals surface area contributed by atoms with Crippen molar-refractivity contribution in [2.75, 3.05) is 13.1 Å². The van der Waals surface area contributed by atoms with Crippen molar-refractivity contribution in [3.63, 3.8) is 0 Å². The number of ether oxygens (including phenoxy) is 1. The molecule has 0 radical (unpaired) electrons. The highest BCUT2D eigenvalue weighted by Crippen LogP contribution is 2.36. The van der Waals surface area contributed by atoms with Gasteiger partial charge in [-0.25, -0.2) is 0 Å². The number of nitrogens with zero attached hydrogens (tertiary/aromatic N) is 3. The molecule has 0 amide bonds. The van der Waals surface area contributed by atoms with Crippen LogP contribution in [-0.2, 0) is 13.1 Å². The van der Waals surface area contributed by atoms with Crippen molar-refractivity contribution in [3.8, 4) is 16.9 Å². The minimum absolute atomic E-state index is 0.0983. The number of aromatic nitrogens is 2. The van der Waals surface area contributed by atoms with Gasteiger partial charge in [0, 0.05) is 54.9 Å². The summed E-state index contributed by atoms with van der Waals surface area (Å²) in [4.78, 5) is 20.4. The van der Waals surface area contributed by atoms with Crippen molar-refractivity contribution in [3.05, 3.63) is 94.5 Å². The molecule has 2 aliphatic heterocycles. The van der Waals surface area contributed by atoms with E-state index in [-0.39, 0.29) is 17.2 Å². The molecule has 1 saturated heterocycles. The molecule has 2 atom stereocenters. The fraction of sp³-hybridized carbons (Fsp3) is 0.286. The largest absolute Gasteiger partial charge is 0.573 e. The van der Waals surface area contributed by atoms with Gasteiger partial charge in [-0.15, -0.1) is 13.2 Å². The molecule has 2 aromatic carbocycles. The van der Waals surface area contributed by atoms with Gasteiger partial charge in [-0.3, -0.25) is 14.7 Å². The topological polar surface area (TPSA) is 47.4 Å². The van der Waals surface area contributed by atoms with Gasteiger partial charge in [0.15, 0.2) is 0 Å². The van der Waals surface area contributed by atoms with E-state index in [1.165, 1.54) is 29.8 Å². The highest BCUT2D eigenvalue weighted by molar-refractivity contribution is 5.78. The lowest BCUT2D eigenvalue weighted by molar-refractivity contribution is -0.274. The van der Waals surface area contributed by atoms with Gasteiger partial charge in [-0.2, -0.15) is 0 Å². The maximum absolute atomic E-state index is 13.4. The van der Waals surface area contributed by atoms with Crippen LogP contribution in [0.2, 0.25) is 0 Å². The van der Waals surface area contributed by atoms with Crippen LogP contribution in [0.1, 0.15) is 23.6 Å². The Balaban J connectivity index is 1.22. The lowest BCUT2D eigenvalue weighted by Gasteiger charge is -2.43. The van der Waals surface area contributed by atoms with E-state index >= 15 is 0 Å². The second-order valence-corrected chi connectivity index (χ2v) is 9.69. The summed E-state index contributed by atoms with van der Waals surface area (Å²) in [7, 11) is 0. The number of para-hydroxylation sites is 1. The normalized spacial score (nSPS) is 19.8. The van der Waals surface area contributed by atoms with Crippen LogP contribution in [0.3, 0.4) is 0 Å². The molecule has 0 N–H and O–H groups in total. The first-order chi connectivity index (χ1) is 17.3. The smallest absolute Gasteiger partial charge is 0.406 e. The number of fused-ring (bicyclic) bond motifs is 5. The number of halogens is 3. The monoisotopic (exact) mass is 491 g/mol. The first-order valence-electron chi connectivity index (χ1n) is 12.0. The Bertz CT molecular complexity index is 1480. The lowest BCUT2D eigenvalue weighted by Crippen LogP contribution is -2.46. The third-order valence-electron chi connectivity index (χ3n) is 7.13. The van der Waals surface area contributed by atoms with Crippen LogP contribution in [0.5, 0.6) is 5.75 Å². The zero-order valence-corrected chi connectivity index (χ0v) is 19.4. The van der Waals surface area contributed by atoms with Gasteiger partial charge in [0.2, 0.25) is 0 Å². The number of rotatable bonds is 4. The van der Waals surface area contributed by atoms with E-state index in [0.717, 1.165) is 42.7 Å². The second kappa shape index (κ2) is 8.78. The minimum Gasteiger partial charge on any atom is -0.406 e. The Kier molecular flexibility index (Phi) is 5.56. The average molecular weight is 492 g/mol. The van der Waals surface area contributed by atoms with Crippen molar-refractivity contribution < 1.29 is 17.9 Å². The average Bonchev–Trinajstić information content (AvgIpc) is 2.84. The van der Waals surface area contributed by atoms with Gasteiger partial charge < -0.3 is 9.30 Å². The Morgan fingerprint density at radius 2 is 1.78 bits per heavy atom. The quantitative estimate of drug-likeness (QED) is 0.374. The molecule has 4 heterocycles. The molecule has 1 fully saturated rings. The van der Waals surface area contributed by atoms with Crippen molar-refractivity contribution in [1.82, 2.24) is 14.5 Å². The summed E-state index contributed by atoms with van der Waals surface area (Å²) in [6.07, 6.45) is -1.75. The van der Waals surface area contributed by atoms with Gasteiger partial charge in [0.1, 0.15) is 5.75 Å². The third-order valence-corrected chi connectivity index (χ3v) is 7.13. The minimum atomic E-state index is -4.75. The van der Waals surface area contributed by atoms with E-state index in [0.29, 0.717) is 23.6 Å². The van der Waals surface area contributed by atoms with Crippen molar-refractivity contribution >= 4 is 10.9 Å². The van der Waals surface area contributed by atoms with E-state index in [4.69, 9.17) is 0 Å².